The Morgan fingerprint density at radius 2 is 1.62 bits per heavy atom. The molecule has 2 aromatic carbocycles. The van der Waals surface area contributed by atoms with E-state index in [4.69, 9.17) is 5.73 Å². The lowest BCUT2D eigenvalue weighted by molar-refractivity contribution is 0.628. The molecular weight excluding hydrogens is 210 g/mol. The molecule has 0 spiro atoms. The number of halogens is 2. The van der Waals surface area contributed by atoms with Crippen LogP contribution in [0.15, 0.2) is 42.5 Å². The molecule has 0 radical (unpaired) electrons. The predicted molar refractivity (Wildman–Crippen MR) is 60.5 cm³/mol. The fraction of sp³-hybridized carbons (Fsp3) is 0. The molecule has 0 aliphatic carbocycles. The van der Waals surface area contributed by atoms with E-state index in [1.807, 2.05) is 0 Å². The number of hydrogen-bond donors (Lipinski definition) is 2. The summed E-state index contributed by atoms with van der Waals surface area (Å²) in [6.07, 6.45) is 0. The van der Waals surface area contributed by atoms with Gasteiger partial charge in [0.05, 0.1) is 5.69 Å². The van der Waals surface area contributed by atoms with Crippen molar-refractivity contribution in [2.75, 3.05) is 11.1 Å². The molecule has 4 heteroatoms. The van der Waals surface area contributed by atoms with E-state index in [-0.39, 0.29) is 5.82 Å². The van der Waals surface area contributed by atoms with Gasteiger partial charge in [0, 0.05) is 11.4 Å². The fourth-order valence-corrected chi connectivity index (χ4v) is 1.32. The fourth-order valence-electron chi connectivity index (χ4n) is 1.32. The zero-order valence-corrected chi connectivity index (χ0v) is 8.37. The van der Waals surface area contributed by atoms with E-state index in [1.54, 1.807) is 6.07 Å². The summed E-state index contributed by atoms with van der Waals surface area (Å²) in [4.78, 5) is 0. The predicted octanol–water partition coefficient (Wildman–Crippen LogP) is 3.29. The summed E-state index contributed by atoms with van der Waals surface area (Å²) in [7, 11) is 0. The highest BCUT2D eigenvalue weighted by molar-refractivity contribution is 5.62. The van der Waals surface area contributed by atoms with Crippen molar-refractivity contribution < 1.29 is 8.78 Å². The summed E-state index contributed by atoms with van der Waals surface area (Å²) in [6.45, 7) is 0. The van der Waals surface area contributed by atoms with Crippen LogP contribution < -0.4 is 11.1 Å². The Kier molecular flexibility index (Phi) is 2.72. The van der Waals surface area contributed by atoms with Gasteiger partial charge >= 0.3 is 0 Å². The number of anilines is 3. The third-order valence-electron chi connectivity index (χ3n) is 2.12. The van der Waals surface area contributed by atoms with Crippen LogP contribution in [-0.2, 0) is 0 Å². The average Bonchev–Trinajstić information content (AvgIpc) is 2.25. The minimum absolute atomic E-state index is 0.306. The molecule has 0 unspecified atom stereocenters. The minimum Gasteiger partial charge on any atom is -0.399 e. The number of nitrogens with two attached hydrogens (primary N) is 1. The molecule has 0 aliphatic rings. The first-order chi connectivity index (χ1) is 7.65. The molecule has 0 aliphatic heterocycles. The molecule has 16 heavy (non-hydrogen) atoms. The highest BCUT2D eigenvalue weighted by Crippen LogP contribution is 2.21. The van der Waals surface area contributed by atoms with Gasteiger partial charge in [0.15, 0.2) is 0 Å². The second-order valence-electron chi connectivity index (χ2n) is 3.37. The van der Waals surface area contributed by atoms with Crippen LogP contribution in [0.1, 0.15) is 0 Å². The Bertz CT molecular complexity index is 495. The Labute approximate surface area is 91.7 Å². The molecule has 0 aromatic heterocycles. The second kappa shape index (κ2) is 4.18. The SMILES string of the molecule is Nc1ccc(Nc2ccc(F)cc2)c(F)c1. The summed E-state index contributed by atoms with van der Waals surface area (Å²) in [6, 6.07) is 10.0. The maximum atomic E-state index is 13.4. The first kappa shape index (κ1) is 10.4. The van der Waals surface area contributed by atoms with Gasteiger partial charge in [-0.1, -0.05) is 0 Å². The van der Waals surface area contributed by atoms with Crippen LogP contribution in [0.3, 0.4) is 0 Å². The standard InChI is InChI=1S/C12H10F2N2/c13-8-1-4-10(5-2-8)16-12-6-3-9(15)7-11(12)14/h1-7,16H,15H2. The topological polar surface area (TPSA) is 38.0 Å². The normalized spacial score (nSPS) is 10.1. The van der Waals surface area contributed by atoms with Crippen LogP contribution >= 0.6 is 0 Å². The lowest BCUT2D eigenvalue weighted by Crippen LogP contribution is -1.95. The van der Waals surface area contributed by atoms with Gasteiger partial charge in [-0.15, -0.1) is 0 Å². The van der Waals surface area contributed by atoms with Crippen LogP contribution in [0.4, 0.5) is 25.8 Å². The Morgan fingerprint density at radius 1 is 0.938 bits per heavy atom. The highest BCUT2D eigenvalue weighted by Gasteiger charge is 2.02. The van der Waals surface area contributed by atoms with Gasteiger partial charge in [-0.25, -0.2) is 8.78 Å². The molecule has 0 saturated carbocycles. The Morgan fingerprint density at radius 3 is 2.25 bits per heavy atom. The first-order valence-corrected chi connectivity index (χ1v) is 4.73. The largest absolute Gasteiger partial charge is 0.399 e. The van der Waals surface area contributed by atoms with Gasteiger partial charge in [0.25, 0.3) is 0 Å². The molecule has 0 bridgehead atoms. The smallest absolute Gasteiger partial charge is 0.148 e. The van der Waals surface area contributed by atoms with Crippen LogP contribution in [0.25, 0.3) is 0 Å². The first-order valence-electron chi connectivity index (χ1n) is 4.73. The molecule has 0 heterocycles. The lowest BCUT2D eigenvalue weighted by Gasteiger charge is -2.07. The lowest BCUT2D eigenvalue weighted by atomic mass is 10.2. The number of benzene rings is 2. The van der Waals surface area contributed by atoms with Crippen LogP contribution in [0.2, 0.25) is 0 Å². The number of rotatable bonds is 2. The summed E-state index contributed by atoms with van der Waals surface area (Å²) in [5, 5.41) is 2.83. The van der Waals surface area contributed by atoms with Crippen molar-refractivity contribution in [1.29, 1.82) is 0 Å². The highest BCUT2D eigenvalue weighted by atomic mass is 19.1. The summed E-state index contributed by atoms with van der Waals surface area (Å²) in [5.41, 5.74) is 6.71. The van der Waals surface area contributed by atoms with Crippen molar-refractivity contribution in [2.24, 2.45) is 0 Å². The van der Waals surface area contributed by atoms with E-state index < -0.39 is 5.82 Å². The van der Waals surface area contributed by atoms with E-state index in [2.05, 4.69) is 5.32 Å². The maximum Gasteiger partial charge on any atom is 0.148 e. The number of nitrogens with one attached hydrogen (secondary N) is 1. The molecule has 0 fully saturated rings. The van der Waals surface area contributed by atoms with E-state index in [1.165, 1.54) is 36.4 Å². The molecule has 82 valence electrons. The third-order valence-corrected chi connectivity index (χ3v) is 2.12. The quantitative estimate of drug-likeness (QED) is 0.762. The average molecular weight is 220 g/mol. The molecule has 0 atom stereocenters. The van der Waals surface area contributed by atoms with Gasteiger partial charge < -0.3 is 11.1 Å². The number of nitrogen functional groups attached to an aromatic ring is 1. The Hall–Kier alpha value is -2.10. The van der Waals surface area contributed by atoms with E-state index in [0.29, 0.717) is 17.1 Å². The van der Waals surface area contributed by atoms with Crippen molar-refractivity contribution in [3.05, 3.63) is 54.1 Å². The Balaban J connectivity index is 2.23. The van der Waals surface area contributed by atoms with Gasteiger partial charge in [0.1, 0.15) is 11.6 Å². The minimum atomic E-state index is -0.440. The third kappa shape index (κ3) is 2.28. The molecule has 2 aromatic rings. The van der Waals surface area contributed by atoms with Crippen molar-refractivity contribution >= 4 is 17.1 Å². The van der Waals surface area contributed by atoms with Gasteiger partial charge in [-0.05, 0) is 42.5 Å². The monoisotopic (exact) mass is 220 g/mol. The molecule has 2 rings (SSSR count). The van der Waals surface area contributed by atoms with Crippen LogP contribution in [0, 0.1) is 11.6 Å². The molecule has 0 amide bonds. The van der Waals surface area contributed by atoms with Crippen LogP contribution in [0.5, 0.6) is 0 Å². The maximum absolute atomic E-state index is 13.4. The summed E-state index contributed by atoms with van der Waals surface area (Å²) in [5.74, 6) is -0.771. The second-order valence-corrected chi connectivity index (χ2v) is 3.37. The van der Waals surface area contributed by atoms with E-state index >= 15 is 0 Å². The van der Waals surface area contributed by atoms with Gasteiger partial charge in [0.2, 0.25) is 0 Å². The molecule has 2 nitrogen and oxygen atoms in total. The number of hydrogen-bond acceptors (Lipinski definition) is 2. The van der Waals surface area contributed by atoms with Crippen molar-refractivity contribution in [2.45, 2.75) is 0 Å². The van der Waals surface area contributed by atoms with Gasteiger partial charge in [-0.3, -0.25) is 0 Å². The van der Waals surface area contributed by atoms with Crippen molar-refractivity contribution in [3.8, 4) is 0 Å². The van der Waals surface area contributed by atoms with E-state index in [9.17, 15) is 8.78 Å². The van der Waals surface area contributed by atoms with Gasteiger partial charge in [-0.2, -0.15) is 0 Å². The van der Waals surface area contributed by atoms with Crippen molar-refractivity contribution in [3.63, 3.8) is 0 Å². The molecule has 3 N–H and O–H groups in total. The van der Waals surface area contributed by atoms with Crippen molar-refractivity contribution in [1.82, 2.24) is 0 Å². The molecular formula is C12H10F2N2. The summed E-state index contributed by atoms with van der Waals surface area (Å²) >= 11 is 0. The van der Waals surface area contributed by atoms with Crippen LogP contribution in [-0.4, -0.2) is 0 Å². The van der Waals surface area contributed by atoms with E-state index in [0.717, 1.165) is 0 Å². The summed E-state index contributed by atoms with van der Waals surface area (Å²) < 4.78 is 26.0. The zero-order valence-electron chi connectivity index (χ0n) is 8.37. The zero-order chi connectivity index (χ0) is 11.5. The molecule has 0 saturated heterocycles.